The second-order valence-corrected chi connectivity index (χ2v) is 6.28. The van der Waals surface area contributed by atoms with E-state index in [1.807, 2.05) is 11.8 Å². The van der Waals surface area contributed by atoms with Crippen LogP contribution in [0.3, 0.4) is 0 Å². The molecule has 2 amide bonds. The summed E-state index contributed by atoms with van der Waals surface area (Å²) in [5, 5.41) is 6.94. The van der Waals surface area contributed by atoms with Gasteiger partial charge in [-0.15, -0.1) is 0 Å². The summed E-state index contributed by atoms with van der Waals surface area (Å²) in [6.07, 6.45) is 6.72. The van der Waals surface area contributed by atoms with Gasteiger partial charge in [-0.2, -0.15) is 5.10 Å². The van der Waals surface area contributed by atoms with Crippen molar-refractivity contribution >= 4 is 11.8 Å². The van der Waals surface area contributed by atoms with Gasteiger partial charge in [0.25, 0.3) is 5.91 Å². The Hall–Kier alpha value is -1.89. The molecule has 0 aliphatic carbocycles. The van der Waals surface area contributed by atoms with Crippen LogP contribution >= 0.6 is 0 Å². The smallest absolute Gasteiger partial charge is 0.254 e. The molecule has 1 aromatic heterocycles. The van der Waals surface area contributed by atoms with Crippen LogP contribution in [-0.4, -0.2) is 52.2 Å². The van der Waals surface area contributed by atoms with Crippen molar-refractivity contribution in [1.82, 2.24) is 20.0 Å². The molecule has 7 nitrogen and oxygen atoms in total. The minimum absolute atomic E-state index is 0.0599. The third-order valence-corrected chi connectivity index (χ3v) is 4.36. The molecule has 1 aliphatic heterocycles. The van der Waals surface area contributed by atoms with Crippen molar-refractivity contribution in [2.24, 2.45) is 18.7 Å². The van der Waals surface area contributed by atoms with Crippen LogP contribution < -0.4 is 11.1 Å². The average molecular weight is 321 g/mol. The normalized spacial score (nSPS) is 17.1. The molecule has 3 N–H and O–H groups in total. The Morgan fingerprint density at radius 3 is 2.70 bits per heavy atom. The van der Waals surface area contributed by atoms with Crippen molar-refractivity contribution in [2.45, 2.75) is 38.6 Å². The minimum Gasteiger partial charge on any atom is -0.352 e. The lowest BCUT2D eigenvalue weighted by atomic mass is 9.96. The fourth-order valence-electron chi connectivity index (χ4n) is 2.90. The van der Waals surface area contributed by atoms with Crippen LogP contribution in [-0.2, 0) is 11.8 Å². The molecule has 0 bridgehead atoms. The number of aryl methyl sites for hydroxylation is 1. The molecule has 2 rings (SSSR count). The molecule has 1 aromatic rings. The van der Waals surface area contributed by atoms with Crippen LogP contribution in [0, 0.1) is 5.92 Å². The number of carbonyl (C=O) groups excluding carboxylic acids is 2. The molecular weight excluding hydrogens is 294 g/mol. The third kappa shape index (κ3) is 4.79. The molecule has 0 saturated carbocycles. The number of aromatic nitrogens is 2. The number of piperidine rings is 1. The van der Waals surface area contributed by atoms with Crippen molar-refractivity contribution in [3.8, 4) is 0 Å². The van der Waals surface area contributed by atoms with Gasteiger partial charge in [-0.3, -0.25) is 14.3 Å². The van der Waals surface area contributed by atoms with E-state index in [9.17, 15) is 9.59 Å². The van der Waals surface area contributed by atoms with E-state index in [1.54, 1.807) is 24.1 Å². The third-order valence-electron chi connectivity index (χ3n) is 4.36. The van der Waals surface area contributed by atoms with E-state index < -0.39 is 0 Å². The first kappa shape index (κ1) is 17.5. The molecule has 128 valence electrons. The van der Waals surface area contributed by atoms with E-state index in [4.69, 9.17) is 5.73 Å². The first-order chi connectivity index (χ1) is 11.0. The Morgan fingerprint density at radius 2 is 2.13 bits per heavy atom. The molecule has 0 spiro atoms. The molecule has 1 atom stereocenters. The fraction of sp³-hybridized carbons (Fsp3) is 0.688. The van der Waals surface area contributed by atoms with Crippen LogP contribution in [0.25, 0.3) is 0 Å². The van der Waals surface area contributed by atoms with Gasteiger partial charge in [-0.05, 0) is 25.2 Å². The number of rotatable bonds is 6. The Morgan fingerprint density at radius 1 is 1.43 bits per heavy atom. The fourth-order valence-corrected chi connectivity index (χ4v) is 2.90. The number of nitrogens with two attached hydrogens (primary N) is 1. The standard InChI is InChI=1S/C16H27N5O2/c1-3-4-14(17)16(23)21-7-5-12(6-8-21)9-18-15(22)13-10-19-20(2)11-13/h10-12,14H,3-9,17H2,1-2H3,(H,18,22). The van der Waals surface area contributed by atoms with Crippen LogP contribution in [0.1, 0.15) is 43.0 Å². The maximum atomic E-state index is 12.2. The number of carbonyl (C=O) groups is 2. The summed E-state index contributed by atoms with van der Waals surface area (Å²) in [6, 6.07) is -0.373. The predicted octanol–water partition coefficient (Wildman–Crippen LogP) is 0.516. The Balaban J connectivity index is 1.72. The van der Waals surface area contributed by atoms with Crippen molar-refractivity contribution < 1.29 is 9.59 Å². The lowest BCUT2D eigenvalue weighted by molar-refractivity contribution is -0.134. The van der Waals surface area contributed by atoms with Gasteiger partial charge in [0.15, 0.2) is 0 Å². The molecule has 1 unspecified atom stereocenters. The Bertz CT molecular complexity index is 534. The lowest BCUT2D eigenvalue weighted by Crippen LogP contribution is -2.48. The molecule has 7 heteroatoms. The summed E-state index contributed by atoms with van der Waals surface area (Å²) < 4.78 is 1.61. The molecule has 0 radical (unpaired) electrons. The second kappa shape index (κ2) is 8.10. The van der Waals surface area contributed by atoms with Gasteiger partial charge in [0.1, 0.15) is 0 Å². The molecule has 1 aliphatic rings. The van der Waals surface area contributed by atoms with E-state index >= 15 is 0 Å². The maximum Gasteiger partial charge on any atom is 0.254 e. The number of hydrogen-bond acceptors (Lipinski definition) is 4. The Kier molecular flexibility index (Phi) is 6.15. The summed E-state index contributed by atoms with van der Waals surface area (Å²) in [4.78, 5) is 26.0. The minimum atomic E-state index is -0.373. The highest BCUT2D eigenvalue weighted by atomic mass is 16.2. The van der Waals surface area contributed by atoms with Crippen molar-refractivity contribution in [2.75, 3.05) is 19.6 Å². The zero-order chi connectivity index (χ0) is 16.8. The predicted molar refractivity (Wildman–Crippen MR) is 87.7 cm³/mol. The molecule has 1 fully saturated rings. The van der Waals surface area contributed by atoms with E-state index in [1.165, 1.54) is 0 Å². The first-order valence-corrected chi connectivity index (χ1v) is 8.32. The summed E-state index contributed by atoms with van der Waals surface area (Å²) in [5.41, 5.74) is 6.48. The van der Waals surface area contributed by atoms with Crippen LogP contribution in [0.15, 0.2) is 12.4 Å². The van der Waals surface area contributed by atoms with E-state index in [0.717, 1.165) is 38.8 Å². The van der Waals surface area contributed by atoms with Crippen molar-refractivity contribution in [3.63, 3.8) is 0 Å². The zero-order valence-corrected chi connectivity index (χ0v) is 14.0. The molecule has 1 saturated heterocycles. The van der Waals surface area contributed by atoms with Gasteiger partial charge >= 0.3 is 0 Å². The molecule has 0 aromatic carbocycles. The topological polar surface area (TPSA) is 93.2 Å². The highest BCUT2D eigenvalue weighted by molar-refractivity contribution is 5.93. The Labute approximate surface area is 137 Å². The van der Waals surface area contributed by atoms with E-state index in [-0.39, 0.29) is 17.9 Å². The SMILES string of the molecule is CCCC(N)C(=O)N1CCC(CNC(=O)c2cnn(C)c2)CC1. The summed E-state index contributed by atoms with van der Waals surface area (Å²) in [6.45, 7) is 4.12. The summed E-state index contributed by atoms with van der Waals surface area (Å²) >= 11 is 0. The van der Waals surface area contributed by atoms with Crippen molar-refractivity contribution in [1.29, 1.82) is 0 Å². The van der Waals surface area contributed by atoms with Crippen LogP contribution in [0.5, 0.6) is 0 Å². The van der Waals surface area contributed by atoms with Gasteiger partial charge in [0.2, 0.25) is 5.91 Å². The monoisotopic (exact) mass is 321 g/mol. The highest BCUT2D eigenvalue weighted by Crippen LogP contribution is 2.17. The average Bonchev–Trinajstić information content (AvgIpc) is 2.99. The number of likely N-dealkylation sites (tertiary alicyclic amines) is 1. The van der Waals surface area contributed by atoms with Gasteiger partial charge < -0.3 is 16.0 Å². The van der Waals surface area contributed by atoms with E-state index in [0.29, 0.717) is 18.0 Å². The quantitative estimate of drug-likeness (QED) is 0.798. The van der Waals surface area contributed by atoms with Gasteiger partial charge in [0.05, 0.1) is 17.8 Å². The first-order valence-electron chi connectivity index (χ1n) is 8.32. The van der Waals surface area contributed by atoms with Gasteiger partial charge in [-0.1, -0.05) is 13.3 Å². The summed E-state index contributed by atoms with van der Waals surface area (Å²) in [7, 11) is 1.78. The van der Waals surface area contributed by atoms with Gasteiger partial charge in [-0.25, -0.2) is 0 Å². The highest BCUT2D eigenvalue weighted by Gasteiger charge is 2.26. The van der Waals surface area contributed by atoms with Crippen LogP contribution in [0.4, 0.5) is 0 Å². The van der Waals surface area contributed by atoms with E-state index in [2.05, 4.69) is 10.4 Å². The molecule has 2 heterocycles. The molecule has 23 heavy (non-hydrogen) atoms. The van der Waals surface area contributed by atoms with Crippen molar-refractivity contribution in [3.05, 3.63) is 18.0 Å². The number of amides is 2. The second-order valence-electron chi connectivity index (χ2n) is 6.28. The maximum absolute atomic E-state index is 12.2. The zero-order valence-electron chi connectivity index (χ0n) is 14.0. The largest absolute Gasteiger partial charge is 0.352 e. The lowest BCUT2D eigenvalue weighted by Gasteiger charge is -2.33. The van der Waals surface area contributed by atoms with Crippen LogP contribution in [0.2, 0.25) is 0 Å². The van der Waals surface area contributed by atoms with Gasteiger partial charge in [0, 0.05) is 32.9 Å². The molecular formula is C16H27N5O2. The summed E-state index contributed by atoms with van der Waals surface area (Å²) in [5.74, 6) is 0.369. The number of nitrogens with zero attached hydrogens (tertiary/aromatic N) is 3. The number of hydrogen-bond donors (Lipinski definition) is 2. The number of nitrogens with one attached hydrogen (secondary N) is 1.